The summed E-state index contributed by atoms with van der Waals surface area (Å²) in [5.74, 6) is -0.0892. The molecule has 0 fully saturated rings. The Balaban J connectivity index is 1.53. The third kappa shape index (κ3) is 3.88. The van der Waals surface area contributed by atoms with E-state index in [1.807, 2.05) is 43.3 Å². The molecule has 0 bridgehead atoms. The van der Waals surface area contributed by atoms with E-state index in [4.69, 9.17) is 0 Å². The molecule has 148 valence electrons. The number of carbonyl (C=O) groups excluding carboxylic acids is 2. The number of hydrogen-bond donors (Lipinski definition) is 2. The lowest BCUT2D eigenvalue weighted by atomic mass is 9.86. The molecule has 1 aliphatic rings. The summed E-state index contributed by atoms with van der Waals surface area (Å²) >= 11 is 0. The molecule has 29 heavy (non-hydrogen) atoms. The van der Waals surface area contributed by atoms with Crippen LogP contribution in [0, 0.1) is 0 Å². The average molecular weight is 386 g/mol. The molecular formula is C25H26N2O2. The Kier molecular flexibility index (Phi) is 4.65. The normalized spacial score (nSPS) is 14.4. The summed E-state index contributed by atoms with van der Waals surface area (Å²) < 4.78 is 0. The molecule has 4 heteroatoms. The fourth-order valence-corrected chi connectivity index (χ4v) is 3.74. The Morgan fingerprint density at radius 1 is 1.00 bits per heavy atom. The summed E-state index contributed by atoms with van der Waals surface area (Å²) in [6.45, 7) is 8.55. The molecule has 2 N–H and O–H groups in total. The Labute approximate surface area is 171 Å². The number of rotatable bonds is 3. The highest BCUT2D eigenvalue weighted by Gasteiger charge is 2.20. The molecule has 0 aromatic heterocycles. The van der Waals surface area contributed by atoms with Crippen LogP contribution in [0.2, 0.25) is 0 Å². The van der Waals surface area contributed by atoms with Crippen LogP contribution in [0.15, 0.2) is 54.6 Å². The van der Waals surface area contributed by atoms with E-state index in [-0.39, 0.29) is 23.3 Å². The van der Waals surface area contributed by atoms with Gasteiger partial charge in [0, 0.05) is 11.3 Å². The topological polar surface area (TPSA) is 58.2 Å². The van der Waals surface area contributed by atoms with E-state index in [1.165, 1.54) is 5.56 Å². The van der Waals surface area contributed by atoms with E-state index in [1.54, 1.807) is 0 Å². The first-order chi connectivity index (χ1) is 13.7. The molecule has 3 aromatic rings. The summed E-state index contributed by atoms with van der Waals surface area (Å²) in [5.41, 5.74) is 4.85. The summed E-state index contributed by atoms with van der Waals surface area (Å²) in [6.07, 6.45) is 0.394. The molecule has 4 rings (SSSR count). The first-order valence-corrected chi connectivity index (χ1v) is 9.98. The van der Waals surface area contributed by atoms with Crippen molar-refractivity contribution in [3.05, 3.63) is 76.9 Å². The van der Waals surface area contributed by atoms with Crippen molar-refractivity contribution < 1.29 is 9.59 Å². The number of hydrogen-bond acceptors (Lipinski definition) is 2. The molecule has 1 aliphatic heterocycles. The van der Waals surface area contributed by atoms with E-state index in [2.05, 4.69) is 49.6 Å². The van der Waals surface area contributed by atoms with Gasteiger partial charge >= 0.3 is 0 Å². The molecule has 0 saturated carbocycles. The Morgan fingerprint density at radius 2 is 1.72 bits per heavy atom. The highest BCUT2D eigenvalue weighted by atomic mass is 16.2. The quantitative estimate of drug-likeness (QED) is 0.656. The van der Waals surface area contributed by atoms with Gasteiger partial charge in [0.25, 0.3) is 5.91 Å². The summed E-state index contributed by atoms with van der Waals surface area (Å²) in [5, 5.41) is 8.10. The van der Waals surface area contributed by atoms with Crippen molar-refractivity contribution in [3.63, 3.8) is 0 Å². The van der Waals surface area contributed by atoms with Gasteiger partial charge in [-0.15, -0.1) is 0 Å². The SMILES string of the molecule is CC(NC(=O)c1ccc2cc(C(C)(C)C)ccc2c1)c1ccc2c(c1)CC(=O)N2. The van der Waals surface area contributed by atoms with Crippen LogP contribution in [0.25, 0.3) is 10.8 Å². The van der Waals surface area contributed by atoms with Crippen LogP contribution in [0.5, 0.6) is 0 Å². The third-order valence-corrected chi connectivity index (χ3v) is 5.57. The molecule has 3 aromatic carbocycles. The van der Waals surface area contributed by atoms with Crippen molar-refractivity contribution in [1.82, 2.24) is 5.32 Å². The van der Waals surface area contributed by atoms with Gasteiger partial charge in [-0.25, -0.2) is 0 Å². The van der Waals surface area contributed by atoms with Gasteiger partial charge in [0.15, 0.2) is 0 Å². The summed E-state index contributed by atoms with van der Waals surface area (Å²) in [4.78, 5) is 24.4. The fraction of sp³-hybridized carbons (Fsp3) is 0.280. The second-order valence-electron chi connectivity index (χ2n) is 8.86. The molecule has 2 amide bonds. The Hall–Kier alpha value is -3.14. The largest absolute Gasteiger partial charge is 0.346 e. The molecule has 0 saturated heterocycles. The van der Waals surface area contributed by atoms with Crippen molar-refractivity contribution in [2.24, 2.45) is 0 Å². The van der Waals surface area contributed by atoms with Gasteiger partial charge in [0.2, 0.25) is 5.91 Å². The molecule has 4 nitrogen and oxygen atoms in total. The Bertz CT molecular complexity index is 1130. The van der Waals surface area contributed by atoms with Gasteiger partial charge in [-0.1, -0.05) is 57.2 Å². The lowest BCUT2D eigenvalue weighted by molar-refractivity contribution is -0.115. The first-order valence-electron chi connectivity index (χ1n) is 9.98. The highest BCUT2D eigenvalue weighted by Crippen LogP contribution is 2.28. The second kappa shape index (κ2) is 7.03. The average Bonchev–Trinajstić information content (AvgIpc) is 3.05. The van der Waals surface area contributed by atoms with Gasteiger partial charge in [-0.05, 0) is 58.0 Å². The smallest absolute Gasteiger partial charge is 0.251 e. The standard InChI is InChI=1S/C25H26N2O2/c1-15(16-8-10-22-20(11-16)14-23(28)27-22)26-24(29)19-6-5-18-13-21(25(2,3)4)9-7-17(18)12-19/h5-13,15H,14H2,1-4H3,(H,26,29)(H,27,28). The molecule has 1 unspecified atom stereocenters. The molecule has 0 radical (unpaired) electrons. The number of fused-ring (bicyclic) bond motifs is 2. The number of amides is 2. The van der Waals surface area contributed by atoms with Gasteiger partial charge in [-0.2, -0.15) is 0 Å². The predicted molar refractivity (Wildman–Crippen MR) is 117 cm³/mol. The third-order valence-electron chi connectivity index (χ3n) is 5.57. The van der Waals surface area contributed by atoms with Gasteiger partial charge < -0.3 is 10.6 Å². The van der Waals surface area contributed by atoms with Gasteiger partial charge in [0.1, 0.15) is 0 Å². The van der Waals surface area contributed by atoms with Crippen molar-refractivity contribution in [2.75, 3.05) is 5.32 Å². The van der Waals surface area contributed by atoms with Crippen LogP contribution in [-0.2, 0) is 16.6 Å². The van der Waals surface area contributed by atoms with Crippen LogP contribution in [0.4, 0.5) is 5.69 Å². The zero-order valence-electron chi connectivity index (χ0n) is 17.3. The first kappa shape index (κ1) is 19.2. The molecule has 1 heterocycles. The predicted octanol–water partition coefficient (Wildman–Crippen LogP) is 5.12. The minimum absolute atomic E-state index is 0.0135. The number of carbonyl (C=O) groups is 2. The zero-order chi connectivity index (χ0) is 20.8. The van der Waals surface area contributed by atoms with Crippen LogP contribution in [0.3, 0.4) is 0 Å². The maximum atomic E-state index is 12.8. The maximum absolute atomic E-state index is 12.8. The summed E-state index contributed by atoms with van der Waals surface area (Å²) in [6, 6.07) is 17.9. The molecular weight excluding hydrogens is 360 g/mol. The van der Waals surface area contributed by atoms with Crippen LogP contribution in [-0.4, -0.2) is 11.8 Å². The lowest BCUT2D eigenvalue weighted by Crippen LogP contribution is -2.26. The van der Waals surface area contributed by atoms with Crippen molar-refractivity contribution >= 4 is 28.3 Å². The van der Waals surface area contributed by atoms with Crippen molar-refractivity contribution in [3.8, 4) is 0 Å². The number of anilines is 1. The number of nitrogens with one attached hydrogen (secondary N) is 2. The summed E-state index contributed by atoms with van der Waals surface area (Å²) in [7, 11) is 0. The van der Waals surface area contributed by atoms with Crippen molar-refractivity contribution in [1.29, 1.82) is 0 Å². The van der Waals surface area contributed by atoms with Crippen molar-refractivity contribution in [2.45, 2.75) is 45.6 Å². The minimum atomic E-state index is -0.150. The fourth-order valence-electron chi connectivity index (χ4n) is 3.74. The van der Waals surface area contributed by atoms with Crippen LogP contribution < -0.4 is 10.6 Å². The highest BCUT2D eigenvalue weighted by molar-refractivity contribution is 6.00. The minimum Gasteiger partial charge on any atom is -0.346 e. The molecule has 0 aliphatic carbocycles. The van der Waals surface area contributed by atoms with Gasteiger partial charge in [-0.3, -0.25) is 9.59 Å². The van der Waals surface area contributed by atoms with Crippen LogP contribution >= 0.6 is 0 Å². The van der Waals surface area contributed by atoms with E-state index in [0.717, 1.165) is 27.6 Å². The second-order valence-corrected chi connectivity index (χ2v) is 8.86. The van der Waals surface area contributed by atoms with E-state index in [9.17, 15) is 9.59 Å². The molecule has 0 spiro atoms. The van der Waals surface area contributed by atoms with Crippen LogP contribution in [0.1, 0.15) is 60.8 Å². The zero-order valence-corrected chi connectivity index (χ0v) is 17.3. The number of benzene rings is 3. The van der Waals surface area contributed by atoms with E-state index < -0.39 is 0 Å². The monoisotopic (exact) mass is 386 g/mol. The van der Waals surface area contributed by atoms with E-state index in [0.29, 0.717) is 12.0 Å². The molecule has 1 atom stereocenters. The Morgan fingerprint density at radius 3 is 2.48 bits per heavy atom. The van der Waals surface area contributed by atoms with E-state index >= 15 is 0 Å². The lowest BCUT2D eigenvalue weighted by Gasteiger charge is -2.19. The maximum Gasteiger partial charge on any atom is 0.251 e. The van der Waals surface area contributed by atoms with Gasteiger partial charge in [0.05, 0.1) is 12.5 Å².